The molecule has 0 heterocycles. The van der Waals surface area contributed by atoms with Crippen LogP contribution in [0.3, 0.4) is 0 Å². The van der Waals surface area contributed by atoms with Crippen LogP contribution in [0.1, 0.15) is 65.7 Å². The van der Waals surface area contributed by atoms with Crippen molar-refractivity contribution in [2.75, 3.05) is 13.2 Å². The molecule has 0 aliphatic heterocycles. The van der Waals surface area contributed by atoms with Gasteiger partial charge < -0.3 is 15.1 Å². The third-order valence-corrected chi connectivity index (χ3v) is 3.80. The molecule has 136 valence electrons. The van der Waals surface area contributed by atoms with Crippen LogP contribution in [0.2, 0.25) is 0 Å². The average Bonchev–Trinajstić information content (AvgIpc) is 2.48. The first-order valence-corrected chi connectivity index (χ1v) is 9.50. The number of hydrogen-bond donors (Lipinski definition) is 3. The monoisotopic (exact) mass is 353 g/mol. The maximum atomic E-state index is 11.7. The summed E-state index contributed by atoms with van der Waals surface area (Å²) in [6.07, 6.45) is 4.37. The van der Waals surface area contributed by atoms with Gasteiger partial charge in [-0.2, -0.15) is 0 Å². The first-order valence-electron chi connectivity index (χ1n) is 8.41. The zero-order chi connectivity index (χ0) is 18.6. The van der Waals surface area contributed by atoms with Gasteiger partial charge in [-0.15, -0.1) is 0 Å². The predicted molar refractivity (Wildman–Crippen MR) is 87.8 cm³/mol. The highest BCUT2D eigenvalue weighted by atomic mass is 31.2. The van der Waals surface area contributed by atoms with Crippen molar-refractivity contribution in [2.24, 2.45) is 5.41 Å². The molecule has 0 rings (SSSR count). The van der Waals surface area contributed by atoms with Crippen LogP contribution >= 0.6 is 7.82 Å². The highest BCUT2D eigenvalue weighted by molar-refractivity contribution is 7.46. The molecule has 7 nitrogen and oxygen atoms in total. The molecule has 1 amide bonds. The molecule has 0 spiro atoms. The van der Waals surface area contributed by atoms with Crippen molar-refractivity contribution in [1.82, 2.24) is 5.32 Å². The molecule has 0 aliphatic carbocycles. The largest absolute Gasteiger partial charge is 0.469 e. The van der Waals surface area contributed by atoms with Crippen molar-refractivity contribution in [3.8, 4) is 0 Å². The van der Waals surface area contributed by atoms with E-state index in [-0.39, 0.29) is 23.7 Å². The van der Waals surface area contributed by atoms with Gasteiger partial charge in [0.15, 0.2) is 0 Å². The lowest BCUT2D eigenvalue weighted by molar-refractivity contribution is -0.126. The van der Waals surface area contributed by atoms with Crippen LogP contribution in [0.4, 0.5) is 0 Å². The highest BCUT2D eigenvalue weighted by Gasteiger charge is 2.20. The van der Waals surface area contributed by atoms with Gasteiger partial charge >= 0.3 is 7.82 Å². The second kappa shape index (κ2) is 10.9. The van der Waals surface area contributed by atoms with E-state index in [9.17, 15) is 14.2 Å². The number of carbonyl (C=O) groups excluding carboxylic acids is 2. The summed E-state index contributed by atoms with van der Waals surface area (Å²) in [6.45, 7) is 6.25. The molecule has 0 bridgehead atoms. The number of carbonyl (C=O) groups is 2. The van der Waals surface area contributed by atoms with E-state index in [4.69, 9.17) is 6.32 Å². The molecule has 0 aromatic rings. The van der Waals surface area contributed by atoms with Crippen molar-refractivity contribution in [1.29, 1.82) is 1.43 Å². The molecule has 0 aromatic carbocycles. The van der Waals surface area contributed by atoms with Crippen LogP contribution in [-0.4, -0.2) is 36.1 Å². The van der Waals surface area contributed by atoms with Crippen LogP contribution in [-0.2, 0) is 18.7 Å². The second-order valence-corrected chi connectivity index (χ2v) is 7.79. The fourth-order valence-electron chi connectivity index (χ4n) is 1.86. The standard InChI is InChI=1S/C15H30NO6P/c1-15(2,3)13(17)9-8-10-14(18)16-11-6-4-5-7-12-22-23(19,20)21/h4-12H2,1-3H3,(H,16,18)(H2,19,20,21)/i/hT. The van der Waals surface area contributed by atoms with E-state index in [0.717, 1.165) is 19.3 Å². The predicted octanol–water partition coefficient (Wildman–Crippen LogP) is 2.56. The maximum Gasteiger partial charge on any atom is 0.469 e. The SMILES string of the molecule is [3H]OP(=O)(O)OCCCCCCNC(=O)CCCC(=O)C(C)(C)C. The van der Waals surface area contributed by atoms with Crippen LogP contribution in [0.15, 0.2) is 0 Å². The molecular formula is C15H30NO6P. The third kappa shape index (κ3) is 14.6. The fourth-order valence-corrected chi connectivity index (χ4v) is 2.22. The van der Waals surface area contributed by atoms with Crippen LogP contribution in [0.25, 0.3) is 0 Å². The number of ketones is 1. The Morgan fingerprint density at radius 2 is 1.78 bits per heavy atom. The molecule has 8 heteroatoms. The summed E-state index contributed by atoms with van der Waals surface area (Å²) < 4.78 is 21.7. The maximum absolute atomic E-state index is 11.7. The van der Waals surface area contributed by atoms with Gasteiger partial charge in [0.2, 0.25) is 7.34 Å². The van der Waals surface area contributed by atoms with E-state index >= 15 is 0 Å². The molecule has 0 aliphatic rings. The summed E-state index contributed by atoms with van der Waals surface area (Å²) in [7, 11) is -4.19. The van der Waals surface area contributed by atoms with Gasteiger partial charge in [-0.3, -0.25) is 14.1 Å². The quantitative estimate of drug-likeness (QED) is 0.346. The Morgan fingerprint density at radius 3 is 2.39 bits per heavy atom. The molecule has 0 saturated carbocycles. The number of Topliss-reactive ketones (excluding diaryl/α,β-unsaturated/α-hetero) is 1. The highest BCUT2D eigenvalue weighted by Crippen LogP contribution is 2.35. The van der Waals surface area contributed by atoms with E-state index in [2.05, 4.69) is 14.7 Å². The average molecular weight is 353 g/mol. The van der Waals surface area contributed by atoms with Crippen LogP contribution < -0.4 is 5.32 Å². The number of unbranched alkanes of at least 4 members (excludes halogenated alkanes) is 3. The minimum absolute atomic E-state index is 0.0474. The number of amides is 1. The number of hydrogen-bond acceptors (Lipinski definition) is 5. The molecule has 1 unspecified atom stereocenters. The molecule has 3 N–H and O–H groups in total. The first kappa shape index (κ1) is 20.3. The lowest BCUT2D eigenvalue weighted by Crippen LogP contribution is -2.25. The lowest BCUT2D eigenvalue weighted by atomic mass is 9.88. The summed E-state index contributed by atoms with van der Waals surface area (Å²) in [5, 5.41) is 2.81. The van der Waals surface area contributed by atoms with Gasteiger partial charge in [-0.1, -0.05) is 33.6 Å². The van der Waals surface area contributed by atoms with Crippen molar-refractivity contribution in [3.63, 3.8) is 0 Å². The number of nitrogens with one attached hydrogen (secondary N) is 1. The van der Waals surface area contributed by atoms with Gasteiger partial charge in [0, 0.05) is 24.8 Å². The number of phosphoric acid groups is 1. The Morgan fingerprint density at radius 1 is 1.13 bits per heavy atom. The molecule has 0 aromatic heterocycles. The van der Waals surface area contributed by atoms with E-state index in [0.29, 0.717) is 32.2 Å². The molecule has 0 radical (unpaired) electrons. The van der Waals surface area contributed by atoms with Crippen molar-refractivity contribution < 1.29 is 28.5 Å². The number of phosphoric ester groups is 1. The molecule has 1 atom stereocenters. The van der Waals surface area contributed by atoms with Gasteiger partial charge in [0.25, 0.3) is 0 Å². The Labute approximate surface area is 139 Å². The first-order chi connectivity index (χ1) is 11.1. The topological polar surface area (TPSA) is 113 Å². The minimum Gasteiger partial charge on any atom is -0.356 e. The van der Waals surface area contributed by atoms with Crippen molar-refractivity contribution in [3.05, 3.63) is 0 Å². The van der Waals surface area contributed by atoms with E-state index < -0.39 is 7.82 Å². The van der Waals surface area contributed by atoms with Crippen LogP contribution in [0, 0.1) is 5.41 Å². The van der Waals surface area contributed by atoms with E-state index in [1.165, 1.54) is 0 Å². The van der Waals surface area contributed by atoms with Gasteiger partial charge in [0.1, 0.15) is 5.78 Å². The minimum atomic E-state index is -4.19. The summed E-state index contributed by atoms with van der Waals surface area (Å²) in [4.78, 5) is 35.7. The van der Waals surface area contributed by atoms with Crippen LogP contribution in [0.5, 0.6) is 0 Å². The summed E-state index contributed by atoms with van der Waals surface area (Å²) >= 11 is 0. The zero-order valence-corrected chi connectivity index (χ0v) is 15.2. The smallest absolute Gasteiger partial charge is 0.356 e. The molecule has 0 saturated heterocycles. The van der Waals surface area contributed by atoms with Crippen molar-refractivity contribution in [2.45, 2.75) is 65.7 Å². The number of rotatable bonds is 13. The van der Waals surface area contributed by atoms with Crippen molar-refractivity contribution >= 4 is 19.5 Å². The Balaban J connectivity index is 3.50. The van der Waals surface area contributed by atoms with Gasteiger partial charge in [-0.25, -0.2) is 4.57 Å². The Hall–Kier alpha value is -0.750. The zero-order valence-electron chi connectivity index (χ0n) is 15.3. The summed E-state index contributed by atoms with van der Waals surface area (Å²) in [5.41, 5.74) is -0.350. The lowest BCUT2D eigenvalue weighted by Gasteiger charge is -2.16. The molecular weight excluding hydrogens is 321 g/mol. The van der Waals surface area contributed by atoms with E-state index in [1.54, 1.807) is 0 Å². The Kier molecular flexibility index (Phi) is 9.63. The third-order valence-electron chi connectivity index (χ3n) is 3.29. The Bertz CT molecular complexity index is 438. The van der Waals surface area contributed by atoms with E-state index in [1.807, 2.05) is 20.8 Å². The normalized spacial score (nSPS) is 14.9. The molecule has 0 fully saturated rings. The van der Waals surface area contributed by atoms with Gasteiger partial charge in [0.05, 0.1) is 6.61 Å². The van der Waals surface area contributed by atoms with Gasteiger partial charge in [-0.05, 0) is 19.3 Å². The summed E-state index contributed by atoms with van der Waals surface area (Å²) in [5.74, 6) is 0.120. The summed E-state index contributed by atoms with van der Waals surface area (Å²) in [6, 6.07) is 0. The molecule has 23 heavy (non-hydrogen) atoms. The fraction of sp³-hybridized carbons (Fsp3) is 0.867. The second-order valence-electron chi connectivity index (χ2n) is 6.59.